The molecule has 3 aromatic rings. The van der Waals surface area contributed by atoms with Crippen molar-refractivity contribution in [1.29, 1.82) is 0 Å². The van der Waals surface area contributed by atoms with E-state index in [9.17, 15) is 19.7 Å². The second kappa shape index (κ2) is 10.6. The second-order valence-corrected chi connectivity index (χ2v) is 7.38. The van der Waals surface area contributed by atoms with Crippen LogP contribution in [0.5, 0.6) is 0 Å². The molecule has 1 aromatic heterocycles. The van der Waals surface area contributed by atoms with Crippen molar-refractivity contribution in [2.75, 3.05) is 18.9 Å². The first kappa shape index (κ1) is 23.0. The number of nitrogens with zero attached hydrogens (tertiary/aromatic N) is 2. The molecule has 0 aliphatic heterocycles. The molecule has 0 aliphatic rings. The van der Waals surface area contributed by atoms with Crippen molar-refractivity contribution in [3.8, 4) is 0 Å². The number of nitro benzene ring substituents is 1. The van der Waals surface area contributed by atoms with Crippen molar-refractivity contribution in [3.63, 3.8) is 0 Å². The second-order valence-electron chi connectivity index (χ2n) is 6.97. The molecule has 0 radical (unpaired) electrons. The van der Waals surface area contributed by atoms with Gasteiger partial charge in [-0.2, -0.15) is 0 Å². The zero-order valence-electron chi connectivity index (χ0n) is 17.2. The highest BCUT2D eigenvalue weighted by molar-refractivity contribution is 6.34. The predicted octanol–water partition coefficient (Wildman–Crippen LogP) is 3.84. The van der Waals surface area contributed by atoms with Gasteiger partial charge in [0.1, 0.15) is 5.76 Å². The minimum Gasteiger partial charge on any atom is -0.468 e. The molecule has 10 heteroatoms. The van der Waals surface area contributed by atoms with Crippen LogP contribution in [0.3, 0.4) is 0 Å². The fourth-order valence-electron chi connectivity index (χ4n) is 3.07. The highest BCUT2D eigenvalue weighted by Gasteiger charge is 2.16. The van der Waals surface area contributed by atoms with Crippen LogP contribution in [-0.2, 0) is 17.9 Å². The lowest BCUT2D eigenvalue weighted by Crippen LogP contribution is -2.32. The normalized spacial score (nSPS) is 10.7. The summed E-state index contributed by atoms with van der Waals surface area (Å²) in [5, 5.41) is 16.2. The van der Waals surface area contributed by atoms with Gasteiger partial charge in [-0.25, -0.2) is 0 Å². The number of carbonyl (C=O) groups excluding carboxylic acids is 2. The van der Waals surface area contributed by atoms with Crippen LogP contribution in [0, 0.1) is 10.1 Å². The maximum Gasteiger partial charge on any atom is 0.271 e. The third-order valence-corrected chi connectivity index (χ3v) is 4.93. The first-order valence-electron chi connectivity index (χ1n) is 9.65. The molecule has 0 fully saturated rings. The van der Waals surface area contributed by atoms with Crippen molar-refractivity contribution in [3.05, 3.63) is 92.9 Å². The molecular formula is C22H21ClN4O5. The Hall–Kier alpha value is -3.69. The van der Waals surface area contributed by atoms with Gasteiger partial charge < -0.3 is 15.1 Å². The number of non-ortho nitro benzene ring substituents is 1. The molecule has 2 amide bonds. The highest BCUT2D eigenvalue weighted by Crippen LogP contribution is 2.26. The first-order valence-corrected chi connectivity index (χ1v) is 10.0. The van der Waals surface area contributed by atoms with Gasteiger partial charge in [-0.15, -0.1) is 0 Å². The molecule has 32 heavy (non-hydrogen) atoms. The number of amides is 2. The number of rotatable bonds is 9. The van der Waals surface area contributed by atoms with Crippen LogP contribution >= 0.6 is 11.6 Å². The molecule has 1 heterocycles. The molecule has 2 N–H and O–H groups in total. The monoisotopic (exact) mass is 456 g/mol. The Morgan fingerprint density at radius 1 is 1.12 bits per heavy atom. The third-order valence-electron chi connectivity index (χ3n) is 4.61. The van der Waals surface area contributed by atoms with Gasteiger partial charge in [0, 0.05) is 31.3 Å². The zero-order valence-corrected chi connectivity index (χ0v) is 18.0. The fourth-order valence-corrected chi connectivity index (χ4v) is 3.29. The van der Waals surface area contributed by atoms with Crippen molar-refractivity contribution < 1.29 is 18.9 Å². The molecule has 3 rings (SSSR count). The molecule has 0 bridgehead atoms. The van der Waals surface area contributed by atoms with Crippen LogP contribution in [0.15, 0.2) is 65.3 Å². The van der Waals surface area contributed by atoms with Crippen LogP contribution in [-0.4, -0.2) is 35.2 Å². The van der Waals surface area contributed by atoms with Gasteiger partial charge in [0.2, 0.25) is 5.91 Å². The Labute approximate surface area is 189 Å². The van der Waals surface area contributed by atoms with Gasteiger partial charge in [0.05, 0.1) is 35.0 Å². The van der Waals surface area contributed by atoms with Crippen LogP contribution < -0.4 is 10.6 Å². The number of anilines is 1. The summed E-state index contributed by atoms with van der Waals surface area (Å²) < 4.78 is 5.41. The molecule has 0 unspecified atom stereocenters. The van der Waals surface area contributed by atoms with E-state index in [-0.39, 0.29) is 34.8 Å². The number of benzene rings is 2. The van der Waals surface area contributed by atoms with Crippen LogP contribution in [0.2, 0.25) is 5.02 Å². The van der Waals surface area contributed by atoms with E-state index in [1.807, 2.05) is 23.1 Å². The summed E-state index contributed by atoms with van der Waals surface area (Å²) in [6, 6.07) is 14.5. The van der Waals surface area contributed by atoms with E-state index in [0.717, 1.165) is 5.56 Å². The standard InChI is InChI=1S/C22H21ClN4O5/c1-24-22(29)16-6-4-15(5-7-16)12-26(13-18-3-2-10-32-18)14-21(28)25-20-9-8-17(27(30)31)11-19(20)23/h2-11H,12-14H2,1H3,(H,24,29)(H,25,28). The van der Waals surface area contributed by atoms with Crippen molar-refractivity contribution in [1.82, 2.24) is 10.2 Å². The van der Waals surface area contributed by atoms with Gasteiger partial charge >= 0.3 is 0 Å². The molecule has 9 nitrogen and oxygen atoms in total. The van der Waals surface area contributed by atoms with E-state index in [2.05, 4.69) is 10.6 Å². The summed E-state index contributed by atoms with van der Waals surface area (Å²) in [5.74, 6) is 0.172. The van der Waals surface area contributed by atoms with Gasteiger partial charge in [-0.05, 0) is 35.9 Å². The summed E-state index contributed by atoms with van der Waals surface area (Å²) in [6.07, 6.45) is 1.56. The molecule has 166 valence electrons. The number of carbonyl (C=O) groups is 2. The number of hydrogen-bond donors (Lipinski definition) is 2. The number of nitro groups is 1. The Bertz CT molecular complexity index is 1100. The summed E-state index contributed by atoms with van der Waals surface area (Å²) in [7, 11) is 1.57. The number of hydrogen-bond acceptors (Lipinski definition) is 6. The molecule has 2 aromatic carbocycles. The molecule has 0 saturated heterocycles. The van der Waals surface area contributed by atoms with E-state index in [1.54, 1.807) is 31.5 Å². The average molecular weight is 457 g/mol. The predicted molar refractivity (Wildman–Crippen MR) is 119 cm³/mol. The highest BCUT2D eigenvalue weighted by atomic mass is 35.5. The summed E-state index contributed by atoms with van der Waals surface area (Å²) in [6.45, 7) is 0.826. The van der Waals surface area contributed by atoms with E-state index < -0.39 is 4.92 Å². The fraction of sp³-hybridized carbons (Fsp3) is 0.182. The zero-order chi connectivity index (χ0) is 23.1. The number of furan rings is 1. The number of nitrogens with one attached hydrogen (secondary N) is 2. The first-order chi connectivity index (χ1) is 15.4. The van der Waals surface area contributed by atoms with Crippen molar-refractivity contribution in [2.24, 2.45) is 0 Å². The van der Waals surface area contributed by atoms with Crippen LogP contribution in [0.4, 0.5) is 11.4 Å². The average Bonchev–Trinajstić information content (AvgIpc) is 3.28. The maximum atomic E-state index is 12.7. The van der Waals surface area contributed by atoms with Crippen molar-refractivity contribution >= 4 is 34.8 Å². The number of halogens is 1. The SMILES string of the molecule is CNC(=O)c1ccc(CN(CC(=O)Nc2ccc([N+](=O)[O-])cc2Cl)Cc2ccco2)cc1. The van der Waals surface area contributed by atoms with Crippen molar-refractivity contribution in [2.45, 2.75) is 13.1 Å². The summed E-state index contributed by atoms with van der Waals surface area (Å²) in [4.78, 5) is 36.6. The topological polar surface area (TPSA) is 118 Å². The Morgan fingerprint density at radius 3 is 2.47 bits per heavy atom. The van der Waals surface area contributed by atoms with Crippen LogP contribution in [0.1, 0.15) is 21.7 Å². The van der Waals surface area contributed by atoms with Crippen LogP contribution in [0.25, 0.3) is 0 Å². The van der Waals surface area contributed by atoms with Gasteiger partial charge in [-0.1, -0.05) is 23.7 Å². The minimum absolute atomic E-state index is 0.0191. The maximum absolute atomic E-state index is 12.7. The van der Waals surface area contributed by atoms with Gasteiger partial charge in [0.25, 0.3) is 11.6 Å². The Morgan fingerprint density at radius 2 is 1.88 bits per heavy atom. The molecule has 0 aliphatic carbocycles. The minimum atomic E-state index is -0.558. The van der Waals surface area contributed by atoms with E-state index in [1.165, 1.54) is 18.2 Å². The third kappa shape index (κ3) is 6.16. The quantitative estimate of drug-likeness (QED) is 0.373. The molecule has 0 atom stereocenters. The smallest absolute Gasteiger partial charge is 0.271 e. The Balaban J connectivity index is 1.70. The lowest BCUT2D eigenvalue weighted by Gasteiger charge is -2.21. The lowest BCUT2D eigenvalue weighted by atomic mass is 10.1. The van der Waals surface area contributed by atoms with E-state index >= 15 is 0 Å². The Kier molecular flexibility index (Phi) is 7.58. The van der Waals surface area contributed by atoms with E-state index in [4.69, 9.17) is 16.0 Å². The summed E-state index contributed by atoms with van der Waals surface area (Å²) in [5.41, 5.74) is 1.58. The van der Waals surface area contributed by atoms with E-state index in [0.29, 0.717) is 24.4 Å². The lowest BCUT2D eigenvalue weighted by molar-refractivity contribution is -0.384. The molecule has 0 spiro atoms. The molecule has 0 saturated carbocycles. The largest absolute Gasteiger partial charge is 0.468 e. The van der Waals surface area contributed by atoms with Gasteiger partial charge in [0.15, 0.2) is 0 Å². The summed E-state index contributed by atoms with van der Waals surface area (Å²) >= 11 is 6.07. The van der Waals surface area contributed by atoms with Gasteiger partial charge in [-0.3, -0.25) is 24.6 Å². The molecular weight excluding hydrogens is 436 g/mol.